The Hall–Kier alpha value is -2.49. The van der Waals surface area contributed by atoms with Crippen LogP contribution >= 0.6 is 0 Å². The van der Waals surface area contributed by atoms with Gasteiger partial charge in [-0.25, -0.2) is 0 Å². The molecule has 0 saturated heterocycles. The lowest BCUT2D eigenvalue weighted by molar-refractivity contribution is -0.274. The molecule has 0 aliphatic rings. The van der Waals surface area contributed by atoms with Crippen LogP contribution in [-0.2, 0) is 6.54 Å². The summed E-state index contributed by atoms with van der Waals surface area (Å²) in [6.07, 6.45) is -1.54. The zero-order valence-electron chi connectivity index (χ0n) is 12.1. The number of ether oxygens (including phenoxy) is 1. The molecule has 0 aliphatic heterocycles. The number of halogens is 3. The standard InChI is InChI=1S/C15H14F3N3O/c1-10(2)8-21-9-12(7-20-21)14-5-13(22-15(16,17)18)4-3-11(14)6-19/h3-5,7,9-10H,8H2,1-2H3. The first kappa shape index (κ1) is 15.9. The molecule has 116 valence electrons. The second kappa shape index (κ2) is 6.10. The SMILES string of the molecule is CC(C)Cn1cc(-c2cc(OC(F)(F)F)ccc2C#N)cn1. The van der Waals surface area contributed by atoms with Crippen molar-refractivity contribution in [1.29, 1.82) is 5.26 Å². The maximum absolute atomic E-state index is 12.3. The first-order valence-electron chi connectivity index (χ1n) is 6.61. The summed E-state index contributed by atoms with van der Waals surface area (Å²) < 4.78 is 42.5. The van der Waals surface area contributed by atoms with Crippen LogP contribution in [0.5, 0.6) is 5.75 Å². The molecular formula is C15H14F3N3O. The van der Waals surface area contributed by atoms with Crippen molar-refractivity contribution in [3.05, 3.63) is 36.2 Å². The molecule has 0 aliphatic carbocycles. The lowest BCUT2D eigenvalue weighted by Crippen LogP contribution is -2.17. The fourth-order valence-electron chi connectivity index (χ4n) is 2.03. The Morgan fingerprint density at radius 2 is 2.09 bits per heavy atom. The summed E-state index contributed by atoms with van der Waals surface area (Å²) in [6.45, 7) is 4.74. The van der Waals surface area contributed by atoms with Gasteiger partial charge >= 0.3 is 6.36 Å². The Kier molecular flexibility index (Phi) is 4.40. The molecule has 0 atom stereocenters. The smallest absolute Gasteiger partial charge is 0.406 e. The van der Waals surface area contributed by atoms with E-state index in [-0.39, 0.29) is 11.3 Å². The molecule has 0 bridgehead atoms. The van der Waals surface area contributed by atoms with Crippen LogP contribution in [0.2, 0.25) is 0 Å². The van der Waals surface area contributed by atoms with Crippen LogP contribution < -0.4 is 4.74 Å². The summed E-state index contributed by atoms with van der Waals surface area (Å²) in [7, 11) is 0. The summed E-state index contributed by atoms with van der Waals surface area (Å²) in [4.78, 5) is 0. The highest BCUT2D eigenvalue weighted by Gasteiger charge is 2.31. The molecule has 0 unspecified atom stereocenters. The highest BCUT2D eigenvalue weighted by atomic mass is 19.4. The topological polar surface area (TPSA) is 50.8 Å². The van der Waals surface area contributed by atoms with E-state index in [1.54, 1.807) is 10.9 Å². The van der Waals surface area contributed by atoms with E-state index in [0.29, 0.717) is 23.6 Å². The summed E-state index contributed by atoms with van der Waals surface area (Å²) in [5.74, 6) is 0.0150. The van der Waals surface area contributed by atoms with Crippen LogP contribution in [0.25, 0.3) is 11.1 Å². The molecule has 0 spiro atoms. The largest absolute Gasteiger partial charge is 0.573 e. The highest BCUT2D eigenvalue weighted by molar-refractivity contribution is 5.71. The minimum atomic E-state index is -4.77. The van der Waals surface area contributed by atoms with Gasteiger partial charge in [-0.3, -0.25) is 4.68 Å². The molecule has 2 aromatic rings. The van der Waals surface area contributed by atoms with Crippen molar-refractivity contribution < 1.29 is 17.9 Å². The molecule has 0 saturated carbocycles. The molecule has 2 rings (SSSR count). The molecule has 7 heteroatoms. The minimum absolute atomic E-state index is 0.263. The molecular weight excluding hydrogens is 295 g/mol. The van der Waals surface area contributed by atoms with Crippen molar-refractivity contribution >= 4 is 0 Å². The second-order valence-electron chi connectivity index (χ2n) is 5.21. The average molecular weight is 309 g/mol. The summed E-state index contributed by atoms with van der Waals surface area (Å²) >= 11 is 0. The fraction of sp³-hybridized carbons (Fsp3) is 0.333. The van der Waals surface area contributed by atoms with Gasteiger partial charge in [0.05, 0.1) is 17.8 Å². The first-order chi connectivity index (χ1) is 10.3. The van der Waals surface area contributed by atoms with E-state index in [4.69, 9.17) is 5.26 Å². The van der Waals surface area contributed by atoms with E-state index in [1.165, 1.54) is 18.3 Å². The summed E-state index contributed by atoms with van der Waals surface area (Å²) in [5.41, 5.74) is 1.20. The summed E-state index contributed by atoms with van der Waals surface area (Å²) in [5, 5.41) is 13.3. The third-order valence-electron chi connectivity index (χ3n) is 2.84. The lowest BCUT2D eigenvalue weighted by atomic mass is 10.0. The molecule has 1 aromatic heterocycles. The number of nitrogens with zero attached hydrogens (tertiary/aromatic N) is 3. The number of hydrogen-bond donors (Lipinski definition) is 0. The molecule has 4 nitrogen and oxygen atoms in total. The maximum Gasteiger partial charge on any atom is 0.573 e. The van der Waals surface area contributed by atoms with Crippen LogP contribution in [0.15, 0.2) is 30.6 Å². The third-order valence-corrected chi connectivity index (χ3v) is 2.84. The average Bonchev–Trinajstić information content (AvgIpc) is 2.84. The number of rotatable bonds is 4. The zero-order chi connectivity index (χ0) is 16.3. The molecule has 1 aromatic carbocycles. The van der Waals surface area contributed by atoms with Gasteiger partial charge in [0.15, 0.2) is 0 Å². The Morgan fingerprint density at radius 1 is 1.36 bits per heavy atom. The Balaban J connectivity index is 2.38. The first-order valence-corrected chi connectivity index (χ1v) is 6.61. The number of hydrogen-bond acceptors (Lipinski definition) is 3. The van der Waals surface area contributed by atoms with Crippen molar-refractivity contribution in [3.63, 3.8) is 0 Å². The van der Waals surface area contributed by atoms with Gasteiger partial charge in [-0.15, -0.1) is 13.2 Å². The van der Waals surface area contributed by atoms with Crippen LogP contribution in [0.1, 0.15) is 19.4 Å². The van der Waals surface area contributed by atoms with Crippen molar-refractivity contribution in [3.8, 4) is 22.9 Å². The van der Waals surface area contributed by atoms with Crippen LogP contribution in [0.3, 0.4) is 0 Å². The number of aromatic nitrogens is 2. The van der Waals surface area contributed by atoms with Gasteiger partial charge < -0.3 is 4.74 Å². The van der Waals surface area contributed by atoms with Gasteiger partial charge in [0, 0.05) is 23.9 Å². The van der Waals surface area contributed by atoms with E-state index in [0.717, 1.165) is 6.07 Å². The predicted molar refractivity (Wildman–Crippen MR) is 73.9 cm³/mol. The van der Waals surface area contributed by atoms with Crippen LogP contribution in [0, 0.1) is 17.2 Å². The van der Waals surface area contributed by atoms with E-state index < -0.39 is 6.36 Å². The second-order valence-corrected chi connectivity index (χ2v) is 5.21. The van der Waals surface area contributed by atoms with Gasteiger partial charge in [-0.1, -0.05) is 13.8 Å². The normalized spacial score (nSPS) is 11.5. The van der Waals surface area contributed by atoms with E-state index in [1.807, 2.05) is 19.9 Å². The minimum Gasteiger partial charge on any atom is -0.406 e. The van der Waals surface area contributed by atoms with Gasteiger partial charge in [0.25, 0.3) is 0 Å². The number of nitriles is 1. The van der Waals surface area contributed by atoms with Crippen molar-refractivity contribution in [2.75, 3.05) is 0 Å². The van der Waals surface area contributed by atoms with E-state index in [2.05, 4.69) is 9.84 Å². The van der Waals surface area contributed by atoms with Crippen molar-refractivity contribution in [2.24, 2.45) is 5.92 Å². The quantitative estimate of drug-likeness (QED) is 0.858. The third kappa shape index (κ3) is 4.01. The van der Waals surface area contributed by atoms with Gasteiger partial charge in [-0.05, 0) is 24.1 Å². The maximum atomic E-state index is 12.3. The Morgan fingerprint density at radius 3 is 2.68 bits per heavy atom. The monoisotopic (exact) mass is 309 g/mol. The lowest BCUT2D eigenvalue weighted by Gasteiger charge is -2.10. The zero-order valence-corrected chi connectivity index (χ0v) is 12.1. The predicted octanol–water partition coefficient (Wildman–Crippen LogP) is 3.98. The Bertz CT molecular complexity index is 699. The Labute approximate surface area is 125 Å². The van der Waals surface area contributed by atoms with Gasteiger partial charge in [-0.2, -0.15) is 10.4 Å². The van der Waals surface area contributed by atoms with Gasteiger partial charge in [0.2, 0.25) is 0 Å². The number of benzene rings is 1. The van der Waals surface area contributed by atoms with Crippen LogP contribution in [-0.4, -0.2) is 16.1 Å². The molecule has 0 N–H and O–H groups in total. The number of alkyl halides is 3. The molecule has 22 heavy (non-hydrogen) atoms. The molecule has 1 heterocycles. The molecule has 0 fully saturated rings. The van der Waals surface area contributed by atoms with Gasteiger partial charge in [0.1, 0.15) is 5.75 Å². The van der Waals surface area contributed by atoms with Crippen molar-refractivity contribution in [2.45, 2.75) is 26.8 Å². The fourth-order valence-corrected chi connectivity index (χ4v) is 2.03. The highest BCUT2D eigenvalue weighted by Crippen LogP contribution is 2.30. The van der Waals surface area contributed by atoms with E-state index in [9.17, 15) is 13.2 Å². The van der Waals surface area contributed by atoms with Crippen molar-refractivity contribution in [1.82, 2.24) is 9.78 Å². The van der Waals surface area contributed by atoms with E-state index >= 15 is 0 Å². The molecule has 0 radical (unpaired) electrons. The molecule has 0 amide bonds. The van der Waals surface area contributed by atoms with Crippen LogP contribution in [0.4, 0.5) is 13.2 Å². The summed E-state index contributed by atoms with van der Waals surface area (Å²) in [6, 6.07) is 5.58.